The summed E-state index contributed by atoms with van der Waals surface area (Å²) in [7, 11) is -4.63. The molecule has 0 heterocycles. The predicted octanol–water partition coefficient (Wildman–Crippen LogP) is 2.30. The molecule has 1 amide bonds. The van der Waals surface area contributed by atoms with Gasteiger partial charge in [-0.25, -0.2) is 4.39 Å². The van der Waals surface area contributed by atoms with Crippen LogP contribution in [0.5, 0.6) is 0 Å². The lowest BCUT2D eigenvalue weighted by Gasteiger charge is -2.20. The molecule has 2 aromatic carbocycles. The zero-order valence-corrected chi connectivity index (χ0v) is 12.4. The molecule has 0 bridgehead atoms. The van der Waals surface area contributed by atoms with E-state index in [4.69, 9.17) is 0 Å². The minimum absolute atomic E-state index is 0.129. The van der Waals surface area contributed by atoms with Gasteiger partial charge in [-0.3, -0.25) is 9.36 Å². The third-order valence-electron chi connectivity index (χ3n) is 3.11. The van der Waals surface area contributed by atoms with E-state index in [1.165, 1.54) is 30.3 Å². The Hall–Kier alpha value is -2.01. The van der Waals surface area contributed by atoms with Gasteiger partial charge in [-0.1, -0.05) is 36.4 Å². The molecule has 0 aromatic heterocycles. The van der Waals surface area contributed by atoms with Crippen LogP contribution in [0, 0.1) is 5.82 Å². The van der Waals surface area contributed by atoms with Crippen LogP contribution in [-0.4, -0.2) is 21.5 Å². The molecule has 0 aliphatic heterocycles. The summed E-state index contributed by atoms with van der Waals surface area (Å²) in [6, 6.07) is 13.7. The number of rotatable bonds is 5. The maximum absolute atomic E-state index is 13.6. The van der Waals surface area contributed by atoms with Crippen molar-refractivity contribution >= 4 is 13.5 Å². The Morgan fingerprint density at radius 1 is 1.09 bits per heavy atom. The van der Waals surface area contributed by atoms with Gasteiger partial charge in [0.15, 0.2) is 0 Å². The SMILES string of the molecule is O=C(NC(Cc1ccccc1F)P(=O)(O)O)c1ccccc1. The van der Waals surface area contributed by atoms with Gasteiger partial charge in [0.2, 0.25) is 0 Å². The van der Waals surface area contributed by atoms with Gasteiger partial charge < -0.3 is 15.1 Å². The van der Waals surface area contributed by atoms with Crippen molar-refractivity contribution in [3.05, 3.63) is 71.5 Å². The van der Waals surface area contributed by atoms with Gasteiger partial charge in [-0.05, 0) is 23.8 Å². The summed E-state index contributed by atoms with van der Waals surface area (Å²) in [5.74, 6) is -2.68. The smallest absolute Gasteiger partial charge is 0.338 e. The number of halogens is 1. The van der Waals surface area contributed by atoms with Crippen molar-refractivity contribution in [2.75, 3.05) is 0 Å². The molecule has 116 valence electrons. The molecule has 22 heavy (non-hydrogen) atoms. The highest BCUT2D eigenvalue weighted by atomic mass is 31.2. The Morgan fingerprint density at radius 2 is 1.68 bits per heavy atom. The van der Waals surface area contributed by atoms with Gasteiger partial charge in [-0.15, -0.1) is 0 Å². The summed E-state index contributed by atoms with van der Waals surface area (Å²) < 4.78 is 25.2. The van der Waals surface area contributed by atoms with Gasteiger partial charge in [0.1, 0.15) is 11.6 Å². The normalized spacial score (nSPS) is 12.7. The van der Waals surface area contributed by atoms with Crippen molar-refractivity contribution in [3.63, 3.8) is 0 Å². The third-order valence-corrected chi connectivity index (χ3v) is 4.23. The fourth-order valence-corrected chi connectivity index (χ4v) is 2.67. The lowest BCUT2D eigenvalue weighted by atomic mass is 10.1. The van der Waals surface area contributed by atoms with Crippen LogP contribution in [0.2, 0.25) is 0 Å². The Morgan fingerprint density at radius 3 is 2.27 bits per heavy atom. The third kappa shape index (κ3) is 4.24. The number of carbonyl (C=O) groups is 1. The van der Waals surface area contributed by atoms with E-state index in [0.717, 1.165) is 0 Å². The molecule has 2 aromatic rings. The Bertz CT molecular complexity index is 702. The molecule has 0 aliphatic carbocycles. The highest BCUT2D eigenvalue weighted by Crippen LogP contribution is 2.41. The van der Waals surface area contributed by atoms with Crippen LogP contribution in [0.4, 0.5) is 4.39 Å². The number of hydrogen-bond donors (Lipinski definition) is 3. The van der Waals surface area contributed by atoms with Crippen molar-refractivity contribution in [2.45, 2.75) is 12.2 Å². The molecule has 0 saturated carbocycles. The van der Waals surface area contributed by atoms with Crippen molar-refractivity contribution in [1.82, 2.24) is 5.32 Å². The number of nitrogens with one attached hydrogen (secondary N) is 1. The standard InChI is InChI=1S/C15H15FNO4P/c16-13-9-5-4-8-12(13)10-14(22(19,20)21)17-15(18)11-6-2-1-3-7-11/h1-9,14H,10H2,(H,17,18)(H2,19,20,21). The quantitative estimate of drug-likeness (QED) is 0.737. The maximum atomic E-state index is 13.6. The molecule has 2 rings (SSSR count). The van der Waals surface area contributed by atoms with Crippen molar-refractivity contribution in [1.29, 1.82) is 0 Å². The molecule has 3 N–H and O–H groups in total. The van der Waals surface area contributed by atoms with Crippen LogP contribution in [0.15, 0.2) is 54.6 Å². The number of carbonyl (C=O) groups excluding carboxylic acids is 1. The number of hydrogen-bond acceptors (Lipinski definition) is 2. The zero-order chi connectivity index (χ0) is 16.2. The van der Waals surface area contributed by atoms with E-state index in [1.807, 2.05) is 0 Å². The second-order valence-electron chi connectivity index (χ2n) is 4.74. The van der Waals surface area contributed by atoms with Gasteiger partial charge in [0.05, 0.1) is 0 Å². The Kier molecular flexibility index (Phi) is 5.08. The average Bonchev–Trinajstić information content (AvgIpc) is 2.48. The summed E-state index contributed by atoms with van der Waals surface area (Å²) in [6.45, 7) is 0. The van der Waals surface area contributed by atoms with Gasteiger partial charge in [0.25, 0.3) is 5.91 Å². The lowest BCUT2D eigenvalue weighted by molar-refractivity contribution is 0.0943. The molecule has 7 heteroatoms. The fourth-order valence-electron chi connectivity index (χ4n) is 1.95. The van der Waals surface area contributed by atoms with E-state index in [2.05, 4.69) is 5.32 Å². The van der Waals surface area contributed by atoms with Crippen molar-refractivity contribution in [3.8, 4) is 0 Å². The monoisotopic (exact) mass is 323 g/mol. The van der Waals surface area contributed by atoms with E-state index in [9.17, 15) is 23.5 Å². The molecule has 0 saturated heterocycles. The minimum Gasteiger partial charge on any atom is -0.338 e. The van der Waals surface area contributed by atoms with Crippen LogP contribution in [-0.2, 0) is 11.0 Å². The first-order chi connectivity index (χ1) is 10.4. The second-order valence-corrected chi connectivity index (χ2v) is 6.54. The van der Waals surface area contributed by atoms with Crippen LogP contribution in [0.25, 0.3) is 0 Å². The highest BCUT2D eigenvalue weighted by Gasteiger charge is 2.31. The lowest BCUT2D eigenvalue weighted by Crippen LogP contribution is -2.36. The topological polar surface area (TPSA) is 86.6 Å². The summed E-state index contributed by atoms with van der Waals surface area (Å²) >= 11 is 0. The molecule has 0 aliphatic rings. The maximum Gasteiger partial charge on any atom is 0.347 e. The molecule has 0 fully saturated rings. The minimum atomic E-state index is -4.63. The summed E-state index contributed by atoms with van der Waals surface area (Å²) in [6.07, 6.45) is -0.296. The predicted molar refractivity (Wildman–Crippen MR) is 79.8 cm³/mol. The highest BCUT2D eigenvalue weighted by molar-refractivity contribution is 7.52. The molecule has 0 radical (unpaired) electrons. The van der Waals surface area contributed by atoms with Crippen LogP contribution in [0.1, 0.15) is 15.9 Å². The van der Waals surface area contributed by atoms with E-state index in [-0.39, 0.29) is 17.5 Å². The molecule has 5 nitrogen and oxygen atoms in total. The molecular weight excluding hydrogens is 308 g/mol. The summed E-state index contributed by atoms with van der Waals surface area (Å²) in [5.41, 5.74) is 0.402. The van der Waals surface area contributed by atoms with Crippen LogP contribution < -0.4 is 5.32 Å². The second kappa shape index (κ2) is 6.83. The molecule has 1 unspecified atom stereocenters. The van der Waals surface area contributed by atoms with Crippen molar-refractivity contribution < 1.29 is 23.5 Å². The molecule has 0 spiro atoms. The van der Waals surface area contributed by atoms with Gasteiger partial charge in [-0.2, -0.15) is 0 Å². The molecular formula is C15H15FNO4P. The van der Waals surface area contributed by atoms with E-state index >= 15 is 0 Å². The van der Waals surface area contributed by atoms with Crippen LogP contribution in [0.3, 0.4) is 0 Å². The van der Waals surface area contributed by atoms with Crippen LogP contribution >= 0.6 is 7.60 Å². The Labute approximate surface area is 127 Å². The number of amides is 1. The largest absolute Gasteiger partial charge is 0.347 e. The Balaban J connectivity index is 2.19. The first-order valence-electron chi connectivity index (χ1n) is 6.52. The summed E-state index contributed by atoms with van der Waals surface area (Å²) in [4.78, 5) is 30.8. The van der Waals surface area contributed by atoms with Crippen molar-refractivity contribution in [2.24, 2.45) is 0 Å². The van der Waals surface area contributed by atoms with E-state index < -0.39 is 25.1 Å². The first kappa shape index (κ1) is 16.4. The van der Waals surface area contributed by atoms with Gasteiger partial charge >= 0.3 is 7.60 Å². The van der Waals surface area contributed by atoms with E-state index in [1.54, 1.807) is 24.3 Å². The average molecular weight is 323 g/mol. The van der Waals surface area contributed by atoms with Gasteiger partial charge in [0, 0.05) is 12.0 Å². The molecule has 1 atom stereocenters. The first-order valence-corrected chi connectivity index (χ1v) is 8.20. The van der Waals surface area contributed by atoms with E-state index in [0.29, 0.717) is 0 Å². The fraction of sp³-hybridized carbons (Fsp3) is 0.133. The summed E-state index contributed by atoms with van der Waals surface area (Å²) in [5, 5.41) is 2.28. The number of benzene rings is 2. The zero-order valence-electron chi connectivity index (χ0n) is 11.5.